The highest BCUT2D eigenvalue weighted by Gasteiger charge is 2.33. The van der Waals surface area contributed by atoms with Crippen LogP contribution in [0.5, 0.6) is 5.75 Å². The Morgan fingerprint density at radius 2 is 1.91 bits per heavy atom. The summed E-state index contributed by atoms with van der Waals surface area (Å²) in [5.74, 6) is 0.255. The molecule has 0 spiro atoms. The summed E-state index contributed by atoms with van der Waals surface area (Å²) in [6.07, 6.45) is 6.81. The number of carbonyl (C=O) groups excluding carboxylic acids is 2. The Kier molecular flexibility index (Phi) is 7.89. The minimum atomic E-state index is -0.592. The molecule has 186 valence electrons. The van der Waals surface area contributed by atoms with Gasteiger partial charge in [-0.1, -0.05) is 44.0 Å². The third-order valence-corrected chi connectivity index (χ3v) is 7.23. The average Bonchev–Trinajstić information content (AvgIpc) is 3.40. The molecule has 0 radical (unpaired) electrons. The lowest BCUT2D eigenvalue weighted by atomic mass is 9.88. The van der Waals surface area contributed by atoms with Gasteiger partial charge in [0.1, 0.15) is 11.6 Å². The first-order valence-electron chi connectivity index (χ1n) is 12.7. The number of benzene rings is 2. The first-order valence-corrected chi connectivity index (χ1v) is 12.7. The van der Waals surface area contributed by atoms with E-state index in [9.17, 15) is 14.0 Å². The highest BCUT2D eigenvalue weighted by atomic mass is 19.1. The molecule has 0 bridgehead atoms. The summed E-state index contributed by atoms with van der Waals surface area (Å²) in [7, 11) is 0. The minimum absolute atomic E-state index is 0.00234. The van der Waals surface area contributed by atoms with Crippen molar-refractivity contribution in [3.8, 4) is 5.75 Å². The molecule has 1 aliphatic carbocycles. The van der Waals surface area contributed by atoms with Crippen LogP contribution in [-0.4, -0.2) is 46.8 Å². The van der Waals surface area contributed by atoms with E-state index in [2.05, 4.69) is 6.58 Å². The van der Waals surface area contributed by atoms with Gasteiger partial charge >= 0.3 is 0 Å². The molecule has 0 saturated heterocycles. The summed E-state index contributed by atoms with van der Waals surface area (Å²) in [6, 6.07) is 12.1. The summed E-state index contributed by atoms with van der Waals surface area (Å²) in [5.41, 5.74) is 2.93. The van der Waals surface area contributed by atoms with Gasteiger partial charge in [0.15, 0.2) is 6.10 Å². The van der Waals surface area contributed by atoms with E-state index in [0.29, 0.717) is 25.3 Å². The summed E-state index contributed by atoms with van der Waals surface area (Å²) in [6.45, 7) is 8.48. The van der Waals surface area contributed by atoms with Crippen molar-refractivity contribution in [1.82, 2.24) is 9.80 Å². The van der Waals surface area contributed by atoms with Crippen molar-refractivity contribution in [1.29, 1.82) is 0 Å². The Hall–Kier alpha value is -3.15. The van der Waals surface area contributed by atoms with Crippen molar-refractivity contribution < 1.29 is 18.7 Å². The summed E-state index contributed by atoms with van der Waals surface area (Å²) >= 11 is 0. The highest BCUT2D eigenvalue weighted by Crippen LogP contribution is 2.37. The van der Waals surface area contributed by atoms with Crippen LogP contribution in [0.2, 0.25) is 0 Å². The zero-order valence-corrected chi connectivity index (χ0v) is 20.7. The SMILES string of the molecule is C=CCN(C(=O)C(CC)Oc1ccc2c(c1)C(c1ccc(F)cc1)N(C(C)=O)CC2)C1CCCC1. The maximum absolute atomic E-state index is 13.6. The number of amides is 2. The molecule has 35 heavy (non-hydrogen) atoms. The van der Waals surface area contributed by atoms with Crippen LogP contribution < -0.4 is 4.74 Å². The van der Waals surface area contributed by atoms with E-state index in [-0.39, 0.29) is 29.7 Å². The van der Waals surface area contributed by atoms with Crippen molar-refractivity contribution in [2.75, 3.05) is 13.1 Å². The molecule has 2 unspecified atom stereocenters. The van der Waals surface area contributed by atoms with Crippen LogP contribution in [0.15, 0.2) is 55.1 Å². The number of hydrogen-bond acceptors (Lipinski definition) is 3. The standard InChI is InChI=1S/C29H35FN2O3/c1-4-17-32(24-8-6-7-9-24)29(34)27(5-2)35-25-15-12-21-16-18-31(20(3)33)28(26(21)19-25)22-10-13-23(30)14-11-22/h4,10-15,19,24,27-28H,1,5-9,16-18H2,2-3H3. The molecule has 1 fully saturated rings. The molecule has 2 aromatic carbocycles. The molecule has 2 atom stereocenters. The smallest absolute Gasteiger partial charge is 0.264 e. The average molecular weight is 479 g/mol. The normalized spacial score (nSPS) is 18.6. The van der Waals surface area contributed by atoms with Gasteiger partial charge in [-0.25, -0.2) is 4.39 Å². The topological polar surface area (TPSA) is 49.9 Å². The maximum Gasteiger partial charge on any atom is 0.264 e. The van der Waals surface area contributed by atoms with Gasteiger partial charge in [-0.3, -0.25) is 9.59 Å². The van der Waals surface area contributed by atoms with Crippen LogP contribution in [0.25, 0.3) is 0 Å². The van der Waals surface area contributed by atoms with Gasteiger partial charge in [-0.2, -0.15) is 0 Å². The number of nitrogens with zero attached hydrogens (tertiary/aromatic N) is 2. The van der Waals surface area contributed by atoms with Gasteiger partial charge in [-0.15, -0.1) is 6.58 Å². The molecular weight excluding hydrogens is 443 g/mol. The van der Waals surface area contributed by atoms with Crippen molar-refractivity contribution in [2.45, 2.75) is 70.6 Å². The van der Waals surface area contributed by atoms with E-state index in [1.807, 2.05) is 34.9 Å². The molecule has 4 rings (SSSR count). The number of fused-ring (bicyclic) bond motifs is 1. The molecule has 0 N–H and O–H groups in total. The first-order chi connectivity index (χ1) is 16.9. The van der Waals surface area contributed by atoms with Crippen LogP contribution in [-0.2, 0) is 16.0 Å². The zero-order valence-electron chi connectivity index (χ0n) is 20.7. The second-order valence-electron chi connectivity index (χ2n) is 9.51. The predicted molar refractivity (Wildman–Crippen MR) is 135 cm³/mol. The predicted octanol–water partition coefficient (Wildman–Crippen LogP) is 5.43. The van der Waals surface area contributed by atoms with Gasteiger partial charge in [-0.05, 0) is 66.6 Å². The van der Waals surface area contributed by atoms with E-state index >= 15 is 0 Å². The highest BCUT2D eigenvalue weighted by molar-refractivity contribution is 5.82. The molecule has 2 aliphatic rings. The quantitative estimate of drug-likeness (QED) is 0.475. The van der Waals surface area contributed by atoms with Gasteiger partial charge in [0, 0.05) is 26.1 Å². The summed E-state index contributed by atoms with van der Waals surface area (Å²) in [5, 5.41) is 0. The number of rotatable bonds is 8. The Bertz CT molecular complexity index is 1060. The molecule has 1 heterocycles. The fraction of sp³-hybridized carbons (Fsp3) is 0.448. The fourth-order valence-electron chi connectivity index (χ4n) is 5.44. The monoisotopic (exact) mass is 478 g/mol. The Morgan fingerprint density at radius 1 is 1.20 bits per heavy atom. The number of hydrogen-bond donors (Lipinski definition) is 0. The molecule has 2 aromatic rings. The number of carbonyl (C=O) groups is 2. The van der Waals surface area contributed by atoms with Crippen molar-refractivity contribution in [2.24, 2.45) is 0 Å². The van der Waals surface area contributed by atoms with E-state index in [1.165, 1.54) is 12.1 Å². The van der Waals surface area contributed by atoms with Crippen LogP contribution in [0.1, 0.15) is 68.7 Å². The lowest BCUT2D eigenvalue weighted by molar-refractivity contribution is -0.140. The Balaban J connectivity index is 1.63. The van der Waals surface area contributed by atoms with E-state index < -0.39 is 6.10 Å². The third kappa shape index (κ3) is 5.42. The van der Waals surface area contributed by atoms with E-state index in [0.717, 1.165) is 48.8 Å². The summed E-state index contributed by atoms with van der Waals surface area (Å²) in [4.78, 5) is 29.7. The maximum atomic E-state index is 13.6. The zero-order chi connectivity index (χ0) is 24.9. The van der Waals surface area contributed by atoms with Gasteiger partial charge in [0.25, 0.3) is 5.91 Å². The van der Waals surface area contributed by atoms with Gasteiger partial charge in [0.05, 0.1) is 6.04 Å². The first kappa shape index (κ1) is 25.0. The summed E-state index contributed by atoms with van der Waals surface area (Å²) < 4.78 is 19.9. The van der Waals surface area contributed by atoms with Gasteiger partial charge < -0.3 is 14.5 Å². The van der Waals surface area contributed by atoms with Crippen LogP contribution in [0, 0.1) is 5.82 Å². The van der Waals surface area contributed by atoms with E-state index in [1.54, 1.807) is 25.1 Å². The molecule has 0 aromatic heterocycles. The fourth-order valence-corrected chi connectivity index (χ4v) is 5.44. The second kappa shape index (κ2) is 11.1. The Labute approximate surface area is 207 Å². The van der Waals surface area contributed by atoms with Gasteiger partial charge in [0.2, 0.25) is 5.91 Å². The number of halogens is 1. The lowest BCUT2D eigenvalue weighted by Crippen LogP contribution is -2.46. The third-order valence-electron chi connectivity index (χ3n) is 7.23. The molecule has 1 aliphatic heterocycles. The van der Waals surface area contributed by atoms with Crippen molar-refractivity contribution >= 4 is 11.8 Å². The van der Waals surface area contributed by atoms with Crippen LogP contribution in [0.4, 0.5) is 4.39 Å². The minimum Gasteiger partial charge on any atom is -0.481 e. The Morgan fingerprint density at radius 3 is 2.54 bits per heavy atom. The molecule has 5 nitrogen and oxygen atoms in total. The van der Waals surface area contributed by atoms with E-state index in [4.69, 9.17) is 4.74 Å². The second-order valence-corrected chi connectivity index (χ2v) is 9.51. The van der Waals surface area contributed by atoms with Crippen molar-refractivity contribution in [3.05, 3.63) is 77.6 Å². The largest absolute Gasteiger partial charge is 0.481 e. The van der Waals surface area contributed by atoms with Crippen LogP contribution in [0.3, 0.4) is 0 Å². The molecule has 6 heteroatoms. The van der Waals surface area contributed by atoms with Crippen LogP contribution >= 0.6 is 0 Å². The molecule has 2 amide bonds. The molecule has 1 saturated carbocycles. The molecular formula is C29H35FN2O3. The lowest BCUT2D eigenvalue weighted by Gasteiger charge is -2.37. The number of ether oxygens (including phenoxy) is 1. The van der Waals surface area contributed by atoms with Crippen molar-refractivity contribution in [3.63, 3.8) is 0 Å².